The molecule has 8 heteroatoms. The van der Waals surface area contributed by atoms with Gasteiger partial charge in [0.15, 0.2) is 0 Å². The number of rotatable bonds is 6. The Bertz CT molecular complexity index is 1050. The van der Waals surface area contributed by atoms with E-state index in [9.17, 15) is 4.79 Å². The molecule has 2 heterocycles. The summed E-state index contributed by atoms with van der Waals surface area (Å²) in [5.41, 5.74) is 2.68. The van der Waals surface area contributed by atoms with Gasteiger partial charge in [-0.1, -0.05) is 27.2 Å². The van der Waals surface area contributed by atoms with Crippen molar-refractivity contribution in [3.05, 3.63) is 58.4 Å². The number of methoxy groups -OCH3 is 1. The molecule has 1 N–H and O–H groups in total. The number of nitrogens with zero attached hydrogens (tertiary/aromatic N) is 3. The van der Waals surface area contributed by atoms with Gasteiger partial charge >= 0.3 is 0 Å². The van der Waals surface area contributed by atoms with Crippen molar-refractivity contribution in [3.63, 3.8) is 0 Å². The second-order valence-electron chi connectivity index (χ2n) is 7.79. The molecule has 0 radical (unpaired) electrons. The van der Waals surface area contributed by atoms with Crippen molar-refractivity contribution in [3.8, 4) is 17.1 Å². The molecule has 1 unspecified atom stereocenters. The summed E-state index contributed by atoms with van der Waals surface area (Å²) in [7, 11) is 1.61. The lowest BCUT2D eigenvalue weighted by Gasteiger charge is -2.31. The zero-order valence-electron chi connectivity index (χ0n) is 17.6. The predicted molar refractivity (Wildman–Crippen MR) is 122 cm³/mol. The molecule has 0 aliphatic carbocycles. The van der Waals surface area contributed by atoms with E-state index in [1.165, 1.54) is 0 Å². The molecule has 1 amide bonds. The third-order valence-corrected chi connectivity index (χ3v) is 5.95. The Morgan fingerprint density at radius 3 is 2.87 bits per heavy atom. The number of likely N-dealkylation sites (tertiary alicyclic amines) is 1. The average Bonchev–Trinajstić information content (AvgIpc) is 3.23. The summed E-state index contributed by atoms with van der Waals surface area (Å²) in [5.74, 6) is 1.69. The quantitative estimate of drug-likeness (QED) is 0.547. The second kappa shape index (κ2) is 9.62. The van der Waals surface area contributed by atoms with Crippen molar-refractivity contribution in [2.75, 3.05) is 25.5 Å². The van der Waals surface area contributed by atoms with Crippen molar-refractivity contribution in [2.45, 2.75) is 26.3 Å². The van der Waals surface area contributed by atoms with E-state index in [4.69, 9.17) is 9.26 Å². The summed E-state index contributed by atoms with van der Waals surface area (Å²) in [6, 6.07) is 13.5. The number of halogens is 1. The van der Waals surface area contributed by atoms with Crippen molar-refractivity contribution >= 4 is 27.5 Å². The number of carbonyl (C=O) groups excluding carboxylic acids is 1. The van der Waals surface area contributed by atoms with Gasteiger partial charge in [0, 0.05) is 16.6 Å². The smallest absolute Gasteiger partial charge is 0.241 e. The molecule has 2 aromatic carbocycles. The third-order valence-electron chi connectivity index (χ3n) is 5.42. The van der Waals surface area contributed by atoms with Crippen molar-refractivity contribution in [1.82, 2.24) is 15.0 Å². The van der Waals surface area contributed by atoms with E-state index in [1.54, 1.807) is 7.11 Å². The first-order valence-electron chi connectivity index (χ1n) is 10.3. The summed E-state index contributed by atoms with van der Waals surface area (Å²) in [6.45, 7) is 4.06. The number of hydrogen-bond donors (Lipinski definition) is 1. The van der Waals surface area contributed by atoms with E-state index in [0.29, 0.717) is 36.2 Å². The van der Waals surface area contributed by atoms with Gasteiger partial charge in [-0.25, -0.2) is 0 Å². The molecule has 1 aliphatic rings. The molecular weight excluding hydrogens is 460 g/mol. The lowest BCUT2D eigenvalue weighted by atomic mass is 9.97. The summed E-state index contributed by atoms with van der Waals surface area (Å²) in [5, 5.41) is 7.14. The standard InChI is InChI=1S/C23H25BrN4O3/c1-15-5-10-20(30-2)19(12-15)25-23(29)17-4-3-11-28(13-17)14-21-26-22(27-31-21)16-6-8-18(24)9-7-16/h5-10,12,17H,3-4,11,13-14H2,1-2H3,(H,25,29). The number of anilines is 1. The maximum Gasteiger partial charge on any atom is 0.241 e. The van der Waals surface area contributed by atoms with Gasteiger partial charge in [0.2, 0.25) is 17.6 Å². The Labute approximate surface area is 189 Å². The largest absolute Gasteiger partial charge is 0.495 e. The van der Waals surface area contributed by atoms with Crippen LogP contribution in [0.3, 0.4) is 0 Å². The minimum Gasteiger partial charge on any atom is -0.495 e. The number of aromatic nitrogens is 2. The predicted octanol–water partition coefficient (Wildman–Crippen LogP) is 4.67. The molecule has 31 heavy (non-hydrogen) atoms. The normalized spacial score (nSPS) is 16.8. The topological polar surface area (TPSA) is 80.5 Å². The Hall–Kier alpha value is -2.71. The van der Waals surface area contributed by atoms with E-state index in [-0.39, 0.29) is 11.8 Å². The molecule has 1 aliphatic heterocycles. The highest BCUT2D eigenvalue weighted by atomic mass is 79.9. The first-order valence-corrected chi connectivity index (χ1v) is 11.1. The highest BCUT2D eigenvalue weighted by molar-refractivity contribution is 9.10. The molecule has 0 spiro atoms. The molecule has 7 nitrogen and oxygen atoms in total. The number of ether oxygens (including phenoxy) is 1. The summed E-state index contributed by atoms with van der Waals surface area (Å²) in [6.07, 6.45) is 1.79. The highest BCUT2D eigenvalue weighted by Gasteiger charge is 2.27. The molecule has 162 valence electrons. The number of benzene rings is 2. The highest BCUT2D eigenvalue weighted by Crippen LogP contribution is 2.27. The van der Waals surface area contributed by atoms with Gasteiger partial charge in [-0.05, 0) is 68.3 Å². The molecule has 0 bridgehead atoms. The van der Waals surface area contributed by atoms with Gasteiger partial charge in [0.25, 0.3) is 0 Å². The molecular formula is C23H25BrN4O3. The maximum absolute atomic E-state index is 12.9. The zero-order valence-corrected chi connectivity index (χ0v) is 19.2. The molecule has 1 fully saturated rings. The van der Waals surface area contributed by atoms with Crippen LogP contribution in [0.5, 0.6) is 5.75 Å². The Kier molecular flexibility index (Phi) is 6.67. The number of aryl methyl sites for hydroxylation is 1. The van der Waals surface area contributed by atoms with Crippen LogP contribution in [0.1, 0.15) is 24.3 Å². The van der Waals surface area contributed by atoms with Crippen LogP contribution >= 0.6 is 15.9 Å². The van der Waals surface area contributed by atoms with Gasteiger partial charge < -0.3 is 14.6 Å². The monoisotopic (exact) mass is 484 g/mol. The van der Waals surface area contributed by atoms with E-state index in [0.717, 1.165) is 35.0 Å². The number of carbonyl (C=O) groups is 1. The number of amides is 1. The van der Waals surface area contributed by atoms with E-state index in [2.05, 4.69) is 36.3 Å². The maximum atomic E-state index is 12.9. The Balaban J connectivity index is 1.38. The lowest BCUT2D eigenvalue weighted by molar-refractivity contribution is -0.121. The fourth-order valence-electron chi connectivity index (χ4n) is 3.79. The van der Waals surface area contributed by atoms with Gasteiger partial charge in [-0.15, -0.1) is 0 Å². The van der Waals surface area contributed by atoms with Gasteiger partial charge in [0.1, 0.15) is 5.75 Å². The van der Waals surface area contributed by atoms with Crippen LogP contribution in [0.25, 0.3) is 11.4 Å². The SMILES string of the molecule is COc1ccc(C)cc1NC(=O)C1CCCN(Cc2nc(-c3ccc(Br)cc3)no2)C1. The minimum atomic E-state index is -0.104. The van der Waals surface area contributed by atoms with Crippen molar-refractivity contribution in [1.29, 1.82) is 0 Å². The van der Waals surface area contributed by atoms with Crippen LogP contribution in [0.4, 0.5) is 5.69 Å². The summed E-state index contributed by atoms with van der Waals surface area (Å²) in [4.78, 5) is 19.6. The fraction of sp³-hybridized carbons (Fsp3) is 0.348. The average molecular weight is 485 g/mol. The molecule has 0 saturated carbocycles. The van der Waals surface area contributed by atoms with Gasteiger partial charge in [0.05, 0.1) is 25.3 Å². The van der Waals surface area contributed by atoms with Crippen LogP contribution in [-0.2, 0) is 11.3 Å². The van der Waals surface area contributed by atoms with E-state index in [1.807, 2.05) is 49.4 Å². The van der Waals surface area contributed by atoms with Gasteiger partial charge in [-0.2, -0.15) is 4.98 Å². The summed E-state index contributed by atoms with van der Waals surface area (Å²) < 4.78 is 11.8. The molecule has 3 aromatic rings. The van der Waals surface area contributed by atoms with Crippen molar-refractivity contribution < 1.29 is 14.1 Å². The first-order chi connectivity index (χ1) is 15.0. The van der Waals surface area contributed by atoms with Gasteiger partial charge in [-0.3, -0.25) is 9.69 Å². The van der Waals surface area contributed by atoms with E-state index < -0.39 is 0 Å². The van der Waals surface area contributed by atoms with Crippen LogP contribution in [0.15, 0.2) is 51.5 Å². The van der Waals surface area contributed by atoms with Crippen LogP contribution < -0.4 is 10.1 Å². The summed E-state index contributed by atoms with van der Waals surface area (Å²) >= 11 is 3.43. The minimum absolute atomic E-state index is 0.00896. The lowest BCUT2D eigenvalue weighted by Crippen LogP contribution is -2.40. The third kappa shape index (κ3) is 5.32. The number of hydrogen-bond acceptors (Lipinski definition) is 6. The Morgan fingerprint density at radius 2 is 2.10 bits per heavy atom. The van der Waals surface area contributed by atoms with E-state index >= 15 is 0 Å². The van der Waals surface area contributed by atoms with Crippen LogP contribution in [0, 0.1) is 12.8 Å². The number of piperidine rings is 1. The molecule has 1 atom stereocenters. The molecule has 1 saturated heterocycles. The fourth-order valence-corrected chi connectivity index (χ4v) is 4.06. The molecule has 4 rings (SSSR count). The molecule has 1 aromatic heterocycles. The Morgan fingerprint density at radius 1 is 1.29 bits per heavy atom. The zero-order chi connectivity index (χ0) is 21.8. The van der Waals surface area contributed by atoms with Crippen LogP contribution in [-0.4, -0.2) is 41.1 Å². The first kappa shape index (κ1) is 21.5. The van der Waals surface area contributed by atoms with Crippen LogP contribution in [0.2, 0.25) is 0 Å². The second-order valence-corrected chi connectivity index (χ2v) is 8.70. The van der Waals surface area contributed by atoms with Crippen molar-refractivity contribution in [2.24, 2.45) is 5.92 Å². The number of nitrogens with one attached hydrogen (secondary N) is 1.